The lowest BCUT2D eigenvalue weighted by atomic mass is 10.2. The number of halogens is 1. The highest BCUT2D eigenvalue weighted by atomic mass is 32.2. The van der Waals surface area contributed by atoms with Gasteiger partial charge in [0.05, 0.1) is 6.20 Å². The Morgan fingerprint density at radius 1 is 1.11 bits per heavy atom. The van der Waals surface area contributed by atoms with Gasteiger partial charge in [-0.3, -0.25) is 14.6 Å². The minimum atomic E-state index is -4.08. The van der Waals surface area contributed by atoms with Gasteiger partial charge in [0.2, 0.25) is 0 Å². The highest BCUT2D eigenvalue weighted by Crippen LogP contribution is 2.22. The van der Waals surface area contributed by atoms with Crippen molar-refractivity contribution in [2.45, 2.75) is 11.8 Å². The molecule has 2 aromatic heterocycles. The van der Waals surface area contributed by atoms with Crippen molar-refractivity contribution in [1.29, 1.82) is 0 Å². The summed E-state index contributed by atoms with van der Waals surface area (Å²) < 4.78 is 41.2. The molecule has 142 valence electrons. The Morgan fingerprint density at radius 2 is 1.86 bits per heavy atom. The fourth-order valence-corrected chi connectivity index (χ4v) is 3.93. The topological polar surface area (TPSA) is 121 Å². The van der Waals surface area contributed by atoms with Crippen LogP contribution in [0.2, 0.25) is 0 Å². The van der Waals surface area contributed by atoms with Crippen molar-refractivity contribution in [2.75, 3.05) is 4.72 Å². The maximum atomic E-state index is 13.9. The van der Waals surface area contributed by atoms with Crippen LogP contribution in [0.25, 0.3) is 22.4 Å². The van der Waals surface area contributed by atoms with Gasteiger partial charge in [-0.1, -0.05) is 6.07 Å². The van der Waals surface area contributed by atoms with Crippen LogP contribution in [0.1, 0.15) is 5.56 Å². The molecule has 0 spiro atoms. The summed E-state index contributed by atoms with van der Waals surface area (Å²) in [6.45, 7) is 1.68. The van der Waals surface area contributed by atoms with Gasteiger partial charge in [0.1, 0.15) is 21.9 Å². The number of rotatable bonds is 4. The van der Waals surface area contributed by atoms with Gasteiger partial charge >= 0.3 is 0 Å². The zero-order chi connectivity index (χ0) is 19.9. The molecule has 0 aliphatic carbocycles. The molecule has 28 heavy (non-hydrogen) atoms. The first kappa shape index (κ1) is 17.9. The lowest BCUT2D eigenvalue weighted by Gasteiger charge is -2.10. The van der Waals surface area contributed by atoms with Gasteiger partial charge in [0.15, 0.2) is 5.65 Å². The summed E-state index contributed by atoms with van der Waals surface area (Å²) in [7, 11) is -4.08. The third kappa shape index (κ3) is 3.25. The van der Waals surface area contributed by atoms with E-state index in [0.717, 1.165) is 6.07 Å². The van der Waals surface area contributed by atoms with E-state index in [9.17, 15) is 17.6 Å². The molecule has 3 N–H and O–H groups in total. The van der Waals surface area contributed by atoms with Crippen molar-refractivity contribution >= 4 is 26.7 Å². The largest absolute Gasteiger partial charge is 0.306 e. The van der Waals surface area contributed by atoms with E-state index in [2.05, 4.69) is 24.9 Å². The van der Waals surface area contributed by atoms with Crippen molar-refractivity contribution in [3.05, 3.63) is 70.4 Å². The number of fused-ring (bicyclic) bond motifs is 1. The lowest BCUT2D eigenvalue weighted by Crippen LogP contribution is -2.14. The van der Waals surface area contributed by atoms with Crippen molar-refractivity contribution < 1.29 is 12.8 Å². The second-order valence-electron chi connectivity index (χ2n) is 6.16. The van der Waals surface area contributed by atoms with Crippen LogP contribution in [0.3, 0.4) is 0 Å². The summed E-state index contributed by atoms with van der Waals surface area (Å²) in [5.41, 5.74) is 1.45. The Hall–Kier alpha value is -3.53. The number of aryl methyl sites for hydroxylation is 1. The molecule has 0 aliphatic heterocycles. The Balaban J connectivity index is 1.64. The normalized spacial score (nSPS) is 11.6. The van der Waals surface area contributed by atoms with E-state index in [1.165, 1.54) is 30.5 Å². The number of nitrogens with one attached hydrogen (secondary N) is 3. The Labute approximate surface area is 158 Å². The zero-order valence-electron chi connectivity index (χ0n) is 14.5. The summed E-state index contributed by atoms with van der Waals surface area (Å²) in [5.74, 6) is -0.523. The van der Waals surface area contributed by atoms with Gasteiger partial charge in [-0.25, -0.2) is 17.8 Å². The predicted molar refractivity (Wildman–Crippen MR) is 102 cm³/mol. The highest BCUT2D eigenvalue weighted by Gasteiger charge is 2.19. The standard InChI is InChI=1S/C18H14FN5O3S/c1-10-2-7-14(19)15(8-10)28(26,27)24-12-5-3-11(4-6-12)16-21-17-13(9-20-23-17)18(25)22-16/h2-9,24H,1H3,(H2,20,21,22,23,25). The first-order valence-corrected chi connectivity index (χ1v) is 9.64. The number of H-pyrrole nitrogens is 2. The molecule has 0 bridgehead atoms. The van der Waals surface area contributed by atoms with E-state index in [0.29, 0.717) is 28.0 Å². The number of anilines is 1. The molecule has 0 aliphatic rings. The number of hydrogen-bond acceptors (Lipinski definition) is 5. The summed E-state index contributed by atoms with van der Waals surface area (Å²) in [4.78, 5) is 18.5. The average Bonchev–Trinajstić information content (AvgIpc) is 3.13. The maximum Gasteiger partial charge on any atom is 0.264 e. The molecule has 4 aromatic rings. The van der Waals surface area contributed by atoms with Crippen LogP contribution in [0.5, 0.6) is 0 Å². The molecular weight excluding hydrogens is 385 g/mol. The number of benzene rings is 2. The van der Waals surface area contributed by atoms with E-state index in [1.807, 2.05) is 0 Å². The first-order valence-electron chi connectivity index (χ1n) is 8.16. The van der Waals surface area contributed by atoms with Crippen LogP contribution < -0.4 is 10.3 Å². The molecule has 0 saturated carbocycles. The monoisotopic (exact) mass is 399 g/mol. The average molecular weight is 399 g/mol. The van der Waals surface area contributed by atoms with Crippen molar-refractivity contribution in [3.8, 4) is 11.4 Å². The molecular formula is C18H14FN5O3S. The third-order valence-corrected chi connectivity index (χ3v) is 5.50. The van der Waals surface area contributed by atoms with Crippen LogP contribution in [0, 0.1) is 12.7 Å². The predicted octanol–water partition coefficient (Wildman–Crippen LogP) is 2.56. The number of aromatic amines is 2. The minimum absolute atomic E-state index is 0.245. The molecule has 0 amide bonds. The van der Waals surface area contributed by atoms with Crippen molar-refractivity contribution in [2.24, 2.45) is 0 Å². The molecule has 2 heterocycles. The molecule has 0 saturated heterocycles. The fourth-order valence-electron chi connectivity index (χ4n) is 2.70. The zero-order valence-corrected chi connectivity index (χ0v) is 15.3. The van der Waals surface area contributed by atoms with Gasteiger partial charge in [-0.2, -0.15) is 5.10 Å². The first-order chi connectivity index (χ1) is 13.3. The third-order valence-electron chi connectivity index (χ3n) is 4.11. The van der Waals surface area contributed by atoms with E-state index in [1.54, 1.807) is 19.1 Å². The molecule has 4 rings (SSSR count). The van der Waals surface area contributed by atoms with Gasteiger partial charge in [0.25, 0.3) is 15.6 Å². The summed E-state index contributed by atoms with van der Waals surface area (Å²) in [6, 6.07) is 10.0. The second kappa shape index (κ2) is 6.57. The van der Waals surface area contributed by atoms with E-state index < -0.39 is 20.7 Å². The molecule has 0 fully saturated rings. The van der Waals surface area contributed by atoms with E-state index in [-0.39, 0.29) is 11.2 Å². The highest BCUT2D eigenvalue weighted by molar-refractivity contribution is 7.92. The van der Waals surface area contributed by atoms with Crippen molar-refractivity contribution in [3.63, 3.8) is 0 Å². The maximum absolute atomic E-state index is 13.9. The number of sulfonamides is 1. The van der Waals surface area contributed by atoms with Gasteiger partial charge < -0.3 is 4.98 Å². The molecule has 0 radical (unpaired) electrons. The smallest absolute Gasteiger partial charge is 0.264 e. The minimum Gasteiger partial charge on any atom is -0.306 e. The van der Waals surface area contributed by atoms with Gasteiger partial charge in [-0.05, 0) is 48.9 Å². The lowest BCUT2D eigenvalue weighted by molar-refractivity contribution is 0.570. The van der Waals surface area contributed by atoms with Gasteiger partial charge in [0, 0.05) is 11.3 Å². The van der Waals surface area contributed by atoms with Crippen LogP contribution in [0.15, 0.2) is 58.4 Å². The number of nitrogens with zero attached hydrogens (tertiary/aromatic N) is 2. The van der Waals surface area contributed by atoms with E-state index in [4.69, 9.17) is 0 Å². The van der Waals surface area contributed by atoms with Crippen LogP contribution in [-0.4, -0.2) is 28.6 Å². The van der Waals surface area contributed by atoms with Crippen LogP contribution in [-0.2, 0) is 10.0 Å². The second-order valence-corrected chi connectivity index (χ2v) is 7.81. The Bertz CT molecular complexity index is 1340. The molecule has 0 unspecified atom stereocenters. The molecule has 0 atom stereocenters. The van der Waals surface area contributed by atoms with E-state index >= 15 is 0 Å². The molecule has 10 heteroatoms. The number of hydrogen-bond donors (Lipinski definition) is 3. The molecule has 2 aromatic carbocycles. The summed E-state index contributed by atoms with van der Waals surface area (Å²) in [6.07, 6.45) is 1.38. The van der Waals surface area contributed by atoms with Crippen LogP contribution >= 0.6 is 0 Å². The Kier molecular flexibility index (Phi) is 4.19. The SMILES string of the molecule is Cc1ccc(F)c(S(=O)(=O)Nc2ccc(-c3nc4[nH]ncc4c(=O)[nH]3)cc2)c1. The van der Waals surface area contributed by atoms with Gasteiger partial charge in [-0.15, -0.1) is 0 Å². The fraction of sp³-hybridized carbons (Fsp3) is 0.0556. The molecule has 8 nitrogen and oxygen atoms in total. The van der Waals surface area contributed by atoms with Crippen molar-refractivity contribution in [1.82, 2.24) is 20.2 Å². The Morgan fingerprint density at radius 3 is 2.61 bits per heavy atom. The summed E-state index contributed by atoms with van der Waals surface area (Å²) in [5, 5.41) is 6.75. The number of aromatic nitrogens is 4. The quantitative estimate of drug-likeness (QED) is 0.487. The van der Waals surface area contributed by atoms with Crippen LogP contribution in [0.4, 0.5) is 10.1 Å². The summed E-state index contributed by atoms with van der Waals surface area (Å²) >= 11 is 0.